The van der Waals surface area contributed by atoms with Gasteiger partial charge in [-0.25, -0.2) is 5.43 Å². The molecule has 0 saturated carbocycles. The number of amides is 2. The van der Waals surface area contributed by atoms with Crippen LogP contribution in [0.5, 0.6) is 0 Å². The van der Waals surface area contributed by atoms with Gasteiger partial charge in [-0.05, 0) is 61.4 Å². The molecule has 43 heavy (non-hydrogen) atoms. The number of hydrogen-bond donors (Lipinski definition) is 2. The van der Waals surface area contributed by atoms with E-state index in [-0.39, 0.29) is 11.6 Å². The van der Waals surface area contributed by atoms with Crippen molar-refractivity contribution in [3.05, 3.63) is 143 Å². The summed E-state index contributed by atoms with van der Waals surface area (Å²) in [5.41, 5.74) is 8.16. The summed E-state index contributed by atoms with van der Waals surface area (Å²) in [5.74, 6) is -0.906. The topological polar surface area (TPSA) is 78.7 Å². The molecule has 0 unspecified atom stereocenters. The second-order valence-electron chi connectivity index (χ2n) is 10.1. The van der Waals surface area contributed by atoms with Crippen molar-refractivity contribution >= 4 is 40.7 Å². The monoisotopic (exact) mass is 569 g/mol. The third-order valence-electron chi connectivity index (χ3n) is 7.25. The van der Waals surface area contributed by atoms with Crippen LogP contribution in [0.3, 0.4) is 0 Å². The molecule has 0 aliphatic rings. The summed E-state index contributed by atoms with van der Waals surface area (Å²) in [6.07, 6.45) is 5.32. The number of para-hydroxylation sites is 1. The molecule has 5 rings (SSSR count). The normalized spacial score (nSPS) is 11.5. The smallest absolute Gasteiger partial charge is 0.287 e. The maximum Gasteiger partial charge on any atom is 0.287 e. The molecular weight excluding hydrogens is 534 g/mol. The summed E-state index contributed by atoms with van der Waals surface area (Å²) < 4.78 is 2.17. The molecule has 2 N–H and O–H groups in total. The zero-order valence-electron chi connectivity index (χ0n) is 24.4. The number of hydrogen-bond acceptors (Lipinski definition) is 4. The van der Waals surface area contributed by atoms with Crippen molar-refractivity contribution in [1.29, 1.82) is 0 Å². The minimum Gasteiger partial charge on any atom is -0.372 e. The molecule has 2 amide bonds. The molecule has 0 bridgehead atoms. The van der Waals surface area contributed by atoms with Gasteiger partial charge in [0.15, 0.2) is 0 Å². The van der Waals surface area contributed by atoms with Crippen molar-refractivity contribution < 1.29 is 9.59 Å². The Morgan fingerprint density at radius 3 is 2.16 bits per heavy atom. The van der Waals surface area contributed by atoms with Gasteiger partial charge in [0.2, 0.25) is 0 Å². The first-order valence-corrected chi connectivity index (χ1v) is 14.4. The largest absolute Gasteiger partial charge is 0.372 e. The van der Waals surface area contributed by atoms with Gasteiger partial charge in [0.25, 0.3) is 11.8 Å². The van der Waals surface area contributed by atoms with Crippen molar-refractivity contribution in [3.63, 3.8) is 0 Å². The number of aromatic nitrogens is 1. The first-order chi connectivity index (χ1) is 21.1. The molecule has 0 aliphatic heterocycles. The predicted molar refractivity (Wildman–Crippen MR) is 175 cm³/mol. The van der Waals surface area contributed by atoms with Crippen LogP contribution < -0.4 is 15.6 Å². The number of nitrogens with zero attached hydrogens (tertiary/aromatic N) is 3. The van der Waals surface area contributed by atoms with Crippen LogP contribution in [0.25, 0.3) is 17.0 Å². The SMILES string of the molecule is CCN(CC)c1ccc(/C=C(/NC(=O)c2ccccc2)C(=O)N/N=C/c2cn(Cc3ccccc3)c3ccccc23)cc1. The average molecular weight is 570 g/mol. The Morgan fingerprint density at radius 2 is 1.47 bits per heavy atom. The Kier molecular flexibility index (Phi) is 9.44. The predicted octanol–water partition coefficient (Wildman–Crippen LogP) is 6.46. The van der Waals surface area contributed by atoms with Gasteiger partial charge in [-0.3, -0.25) is 9.59 Å². The molecule has 216 valence electrons. The second kappa shape index (κ2) is 14.0. The average Bonchev–Trinajstić information content (AvgIpc) is 3.39. The lowest BCUT2D eigenvalue weighted by atomic mass is 10.1. The van der Waals surface area contributed by atoms with Crippen LogP contribution in [0.15, 0.2) is 126 Å². The van der Waals surface area contributed by atoms with Crippen LogP contribution in [0.2, 0.25) is 0 Å². The van der Waals surface area contributed by atoms with Gasteiger partial charge in [-0.2, -0.15) is 5.10 Å². The Labute approximate surface area is 252 Å². The van der Waals surface area contributed by atoms with Gasteiger partial charge >= 0.3 is 0 Å². The number of carbonyl (C=O) groups excluding carboxylic acids is 2. The quantitative estimate of drug-likeness (QED) is 0.109. The van der Waals surface area contributed by atoms with Gasteiger partial charge in [0.05, 0.1) is 6.21 Å². The number of rotatable bonds is 11. The van der Waals surface area contributed by atoms with Crippen molar-refractivity contribution in [2.45, 2.75) is 20.4 Å². The minimum atomic E-state index is -0.527. The zero-order chi connectivity index (χ0) is 30.0. The molecule has 5 aromatic rings. The van der Waals surface area contributed by atoms with E-state index in [1.807, 2.05) is 72.9 Å². The zero-order valence-corrected chi connectivity index (χ0v) is 24.4. The second-order valence-corrected chi connectivity index (χ2v) is 10.1. The van der Waals surface area contributed by atoms with E-state index in [0.717, 1.165) is 40.8 Å². The molecule has 7 heteroatoms. The third-order valence-corrected chi connectivity index (χ3v) is 7.25. The van der Waals surface area contributed by atoms with Crippen LogP contribution in [0.4, 0.5) is 5.69 Å². The molecular formula is C36H35N5O2. The van der Waals surface area contributed by atoms with E-state index >= 15 is 0 Å². The van der Waals surface area contributed by atoms with E-state index in [2.05, 4.69) is 57.4 Å². The van der Waals surface area contributed by atoms with E-state index in [9.17, 15) is 9.59 Å². The molecule has 0 saturated heterocycles. The lowest BCUT2D eigenvalue weighted by molar-refractivity contribution is -0.117. The first kappa shape index (κ1) is 29.1. The summed E-state index contributed by atoms with van der Waals surface area (Å²) >= 11 is 0. The number of carbonyl (C=O) groups is 2. The van der Waals surface area contributed by atoms with Gasteiger partial charge in [0.1, 0.15) is 5.70 Å². The highest BCUT2D eigenvalue weighted by molar-refractivity contribution is 6.06. The van der Waals surface area contributed by atoms with Crippen molar-refractivity contribution in [2.24, 2.45) is 5.10 Å². The van der Waals surface area contributed by atoms with E-state index in [4.69, 9.17) is 0 Å². The fraction of sp³-hybridized carbons (Fsp3) is 0.139. The van der Waals surface area contributed by atoms with Gasteiger partial charge in [0, 0.05) is 53.5 Å². The van der Waals surface area contributed by atoms with Crippen LogP contribution in [-0.2, 0) is 11.3 Å². The van der Waals surface area contributed by atoms with E-state index in [0.29, 0.717) is 12.1 Å². The molecule has 1 aromatic heterocycles. The van der Waals surface area contributed by atoms with E-state index < -0.39 is 5.91 Å². The number of fused-ring (bicyclic) bond motifs is 1. The fourth-order valence-corrected chi connectivity index (χ4v) is 4.99. The molecule has 0 atom stereocenters. The minimum absolute atomic E-state index is 0.0908. The van der Waals surface area contributed by atoms with Gasteiger partial charge in [-0.1, -0.05) is 78.9 Å². The highest BCUT2D eigenvalue weighted by Crippen LogP contribution is 2.21. The van der Waals surface area contributed by atoms with Crippen molar-refractivity contribution in [2.75, 3.05) is 18.0 Å². The standard InChI is InChI=1S/C36H35N5O2/c1-3-40(4-2)31-21-19-27(20-22-31)23-33(38-35(42)29-15-9-6-10-16-29)36(43)39-37-24-30-26-41(25-28-13-7-5-8-14-28)34-18-12-11-17-32(30)34/h5-24,26H,3-4,25H2,1-2H3,(H,38,42)(H,39,43)/b33-23+,37-24+. The molecule has 0 radical (unpaired) electrons. The van der Waals surface area contributed by atoms with Crippen molar-refractivity contribution in [1.82, 2.24) is 15.3 Å². The number of nitrogens with one attached hydrogen (secondary N) is 2. The fourth-order valence-electron chi connectivity index (χ4n) is 4.99. The van der Waals surface area contributed by atoms with Gasteiger partial charge < -0.3 is 14.8 Å². The number of hydrazone groups is 1. The van der Waals surface area contributed by atoms with Crippen LogP contribution in [0.1, 0.15) is 40.9 Å². The highest BCUT2D eigenvalue weighted by atomic mass is 16.2. The Hall–Kier alpha value is -5.43. The molecule has 0 spiro atoms. The maximum atomic E-state index is 13.4. The van der Waals surface area contributed by atoms with Crippen LogP contribution in [0, 0.1) is 0 Å². The maximum absolute atomic E-state index is 13.4. The molecule has 0 fully saturated rings. The Bertz CT molecular complexity index is 1740. The first-order valence-electron chi connectivity index (χ1n) is 14.4. The Morgan fingerprint density at radius 1 is 0.814 bits per heavy atom. The summed E-state index contributed by atoms with van der Waals surface area (Å²) in [5, 5.41) is 8.08. The third kappa shape index (κ3) is 7.26. The van der Waals surface area contributed by atoms with Crippen molar-refractivity contribution in [3.8, 4) is 0 Å². The highest BCUT2D eigenvalue weighted by Gasteiger charge is 2.15. The van der Waals surface area contributed by atoms with Crippen LogP contribution in [-0.4, -0.2) is 35.7 Å². The molecule has 0 aliphatic carbocycles. The number of benzene rings is 4. The Balaban J connectivity index is 1.38. The lowest BCUT2D eigenvalue weighted by Crippen LogP contribution is -2.32. The van der Waals surface area contributed by atoms with E-state index in [1.165, 1.54) is 5.56 Å². The lowest BCUT2D eigenvalue weighted by Gasteiger charge is -2.20. The van der Waals surface area contributed by atoms with E-state index in [1.54, 1.807) is 36.6 Å². The summed E-state index contributed by atoms with van der Waals surface area (Å²) in [4.78, 5) is 28.6. The molecule has 1 heterocycles. The van der Waals surface area contributed by atoms with Gasteiger partial charge in [-0.15, -0.1) is 0 Å². The summed E-state index contributed by atoms with van der Waals surface area (Å²) in [6.45, 7) is 6.73. The van der Waals surface area contributed by atoms with Crippen LogP contribution >= 0.6 is 0 Å². The summed E-state index contributed by atoms with van der Waals surface area (Å²) in [7, 11) is 0. The molecule has 7 nitrogen and oxygen atoms in total. The number of anilines is 1. The molecule has 4 aromatic carbocycles. The summed E-state index contributed by atoms with van der Waals surface area (Å²) in [6, 6.07) is 35.0.